The van der Waals surface area contributed by atoms with Crippen LogP contribution in [0.5, 0.6) is 5.75 Å². The van der Waals surface area contributed by atoms with E-state index in [2.05, 4.69) is 63.6 Å². The number of rotatable bonds is 7. The second-order valence-corrected chi connectivity index (χ2v) is 8.21. The first-order valence-electron chi connectivity index (χ1n) is 11.0. The molecule has 31 heavy (non-hydrogen) atoms. The first-order valence-corrected chi connectivity index (χ1v) is 11.0. The van der Waals surface area contributed by atoms with E-state index in [9.17, 15) is 0 Å². The minimum Gasteiger partial charge on any atom is -0.491 e. The second-order valence-electron chi connectivity index (χ2n) is 8.21. The van der Waals surface area contributed by atoms with Gasteiger partial charge >= 0.3 is 0 Å². The van der Waals surface area contributed by atoms with Crippen molar-refractivity contribution in [1.82, 2.24) is 15.6 Å². The predicted molar refractivity (Wildman–Crippen MR) is 126 cm³/mol. The summed E-state index contributed by atoms with van der Waals surface area (Å²) in [5.41, 5.74) is 3.45. The minimum atomic E-state index is 0.133. The van der Waals surface area contributed by atoms with E-state index in [4.69, 9.17) is 9.47 Å². The molecule has 2 aromatic rings. The lowest BCUT2D eigenvalue weighted by Gasteiger charge is -2.32. The molecule has 3 rings (SSSR count). The highest BCUT2D eigenvalue weighted by atomic mass is 16.5. The molecule has 1 aromatic heterocycles. The lowest BCUT2D eigenvalue weighted by Crippen LogP contribution is -2.41. The van der Waals surface area contributed by atoms with Gasteiger partial charge in [-0.2, -0.15) is 0 Å². The zero-order valence-electron chi connectivity index (χ0n) is 19.3. The van der Waals surface area contributed by atoms with E-state index in [0.29, 0.717) is 13.1 Å². The van der Waals surface area contributed by atoms with Crippen LogP contribution in [0.1, 0.15) is 37.5 Å². The summed E-state index contributed by atoms with van der Waals surface area (Å²) >= 11 is 0. The number of aromatic nitrogens is 1. The molecule has 0 amide bonds. The molecule has 1 atom stereocenters. The number of hydrogen-bond acceptors (Lipinski definition) is 5. The monoisotopic (exact) mass is 425 g/mol. The van der Waals surface area contributed by atoms with Gasteiger partial charge < -0.3 is 25.0 Å². The summed E-state index contributed by atoms with van der Waals surface area (Å²) < 4.78 is 11.6. The minimum absolute atomic E-state index is 0.133. The van der Waals surface area contributed by atoms with Crippen LogP contribution in [-0.2, 0) is 17.8 Å². The number of aliphatic imine (C=N–C) groups is 1. The number of morpholine rings is 1. The molecule has 0 aliphatic carbocycles. The van der Waals surface area contributed by atoms with Gasteiger partial charge in [0.25, 0.3) is 0 Å². The average Bonchev–Trinajstić information content (AvgIpc) is 2.75. The van der Waals surface area contributed by atoms with Gasteiger partial charge in [0.1, 0.15) is 11.6 Å². The molecule has 0 radical (unpaired) electrons. The molecule has 0 saturated carbocycles. The van der Waals surface area contributed by atoms with Gasteiger partial charge in [0.15, 0.2) is 5.96 Å². The van der Waals surface area contributed by atoms with Gasteiger partial charge in [0.2, 0.25) is 0 Å². The first-order chi connectivity index (χ1) is 14.9. The molecule has 1 aromatic carbocycles. The zero-order valence-corrected chi connectivity index (χ0v) is 19.3. The van der Waals surface area contributed by atoms with Gasteiger partial charge in [-0.15, -0.1) is 0 Å². The SMILES string of the molecule is CN=C(NCc1ccnc(N2CCOC(C)C2)c1)NCc1ccc(C)cc1OC(C)C. The van der Waals surface area contributed by atoms with Gasteiger partial charge in [0, 0.05) is 45.0 Å². The molecular formula is C24H35N5O2. The van der Waals surface area contributed by atoms with E-state index >= 15 is 0 Å². The number of anilines is 1. The van der Waals surface area contributed by atoms with Crippen molar-refractivity contribution in [3.05, 3.63) is 53.2 Å². The smallest absolute Gasteiger partial charge is 0.191 e. The van der Waals surface area contributed by atoms with Gasteiger partial charge in [-0.1, -0.05) is 12.1 Å². The summed E-state index contributed by atoms with van der Waals surface area (Å²) in [4.78, 5) is 11.2. The van der Waals surface area contributed by atoms with Crippen LogP contribution in [0.15, 0.2) is 41.5 Å². The Kier molecular flexibility index (Phi) is 8.12. The van der Waals surface area contributed by atoms with Crippen molar-refractivity contribution in [2.75, 3.05) is 31.6 Å². The van der Waals surface area contributed by atoms with E-state index in [0.717, 1.165) is 48.4 Å². The highest BCUT2D eigenvalue weighted by molar-refractivity contribution is 5.79. The molecule has 0 spiro atoms. The molecule has 1 aliphatic heterocycles. The maximum Gasteiger partial charge on any atom is 0.191 e. The molecule has 7 heteroatoms. The third-order valence-corrected chi connectivity index (χ3v) is 5.09. The van der Waals surface area contributed by atoms with Crippen LogP contribution in [0.4, 0.5) is 5.82 Å². The fourth-order valence-corrected chi connectivity index (χ4v) is 3.53. The molecule has 1 saturated heterocycles. The third kappa shape index (κ3) is 6.85. The molecule has 168 valence electrons. The zero-order chi connectivity index (χ0) is 22.2. The van der Waals surface area contributed by atoms with Gasteiger partial charge in [-0.25, -0.2) is 4.98 Å². The normalized spacial score (nSPS) is 17.0. The number of ether oxygens (including phenoxy) is 2. The van der Waals surface area contributed by atoms with Crippen molar-refractivity contribution in [1.29, 1.82) is 0 Å². The highest BCUT2D eigenvalue weighted by Gasteiger charge is 2.18. The Balaban J connectivity index is 1.57. The summed E-state index contributed by atoms with van der Waals surface area (Å²) in [6, 6.07) is 10.4. The maximum atomic E-state index is 5.98. The fourth-order valence-electron chi connectivity index (χ4n) is 3.53. The largest absolute Gasteiger partial charge is 0.491 e. The van der Waals surface area contributed by atoms with Gasteiger partial charge in [0.05, 0.1) is 18.8 Å². The van der Waals surface area contributed by atoms with Crippen LogP contribution in [0.3, 0.4) is 0 Å². The number of benzene rings is 1. The van der Waals surface area contributed by atoms with Crippen molar-refractivity contribution in [3.63, 3.8) is 0 Å². The van der Waals surface area contributed by atoms with E-state index < -0.39 is 0 Å². The first kappa shape index (κ1) is 22.9. The van der Waals surface area contributed by atoms with Gasteiger partial charge in [-0.3, -0.25) is 4.99 Å². The van der Waals surface area contributed by atoms with E-state index in [-0.39, 0.29) is 12.2 Å². The van der Waals surface area contributed by atoms with Crippen molar-refractivity contribution < 1.29 is 9.47 Å². The molecule has 7 nitrogen and oxygen atoms in total. The summed E-state index contributed by atoms with van der Waals surface area (Å²) in [7, 11) is 1.78. The highest BCUT2D eigenvalue weighted by Crippen LogP contribution is 2.21. The number of aryl methyl sites for hydroxylation is 1. The Morgan fingerprint density at radius 3 is 2.81 bits per heavy atom. The standard InChI is InChI=1S/C24H35N5O2/c1-17(2)31-22-12-18(3)6-7-21(22)15-28-24(25-5)27-14-20-8-9-26-23(13-20)29-10-11-30-19(4)16-29/h6-9,12-13,17,19H,10-11,14-16H2,1-5H3,(H2,25,27,28). The van der Waals surface area contributed by atoms with E-state index in [1.165, 1.54) is 5.56 Å². The van der Waals surface area contributed by atoms with E-state index in [1.54, 1.807) is 7.05 Å². The Bertz CT molecular complexity index is 884. The van der Waals surface area contributed by atoms with Crippen molar-refractivity contribution in [2.24, 2.45) is 4.99 Å². The lowest BCUT2D eigenvalue weighted by atomic mass is 10.1. The van der Waals surface area contributed by atoms with Crippen molar-refractivity contribution >= 4 is 11.8 Å². The Hall–Kier alpha value is -2.80. The van der Waals surface area contributed by atoms with Crippen molar-refractivity contribution in [2.45, 2.75) is 53.0 Å². The van der Waals surface area contributed by atoms with Gasteiger partial charge in [-0.05, 0) is 57.0 Å². The predicted octanol–water partition coefficient (Wildman–Crippen LogP) is 3.27. The quantitative estimate of drug-likeness (QED) is 0.524. The number of nitrogens with zero attached hydrogens (tertiary/aromatic N) is 3. The molecule has 1 fully saturated rings. The topological polar surface area (TPSA) is 71.0 Å². The molecule has 1 aliphatic rings. The number of hydrogen-bond donors (Lipinski definition) is 2. The molecule has 1 unspecified atom stereocenters. The van der Waals surface area contributed by atoms with Crippen LogP contribution in [0, 0.1) is 6.92 Å². The maximum absolute atomic E-state index is 5.98. The van der Waals surface area contributed by atoms with Crippen LogP contribution in [0.2, 0.25) is 0 Å². The summed E-state index contributed by atoms with van der Waals surface area (Å²) in [6.45, 7) is 12.0. The Labute approximate surface area is 185 Å². The summed E-state index contributed by atoms with van der Waals surface area (Å²) in [5.74, 6) is 2.65. The van der Waals surface area contributed by atoms with Crippen molar-refractivity contribution in [3.8, 4) is 5.75 Å². The second kappa shape index (κ2) is 11.0. The molecular weight excluding hydrogens is 390 g/mol. The number of nitrogens with one attached hydrogen (secondary N) is 2. The lowest BCUT2D eigenvalue weighted by molar-refractivity contribution is 0.0529. The molecule has 2 N–H and O–H groups in total. The Morgan fingerprint density at radius 1 is 1.26 bits per heavy atom. The third-order valence-electron chi connectivity index (χ3n) is 5.09. The number of pyridine rings is 1. The fraction of sp³-hybridized carbons (Fsp3) is 0.500. The number of guanidine groups is 1. The van der Waals surface area contributed by atoms with Crippen LogP contribution < -0.4 is 20.3 Å². The summed E-state index contributed by atoms with van der Waals surface area (Å²) in [6.07, 6.45) is 2.23. The van der Waals surface area contributed by atoms with Crippen LogP contribution >= 0.6 is 0 Å². The molecule has 0 bridgehead atoms. The van der Waals surface area contributed by atoms with Crippen LogP contribution in [0.25, 0.3) is 0 Å². The van der Waals surface area contributed by atoms with Crippen LogP contribution in [-0.4, -0.2) is 49.9 Å². The summed E-state index contributed by atoms with van der Waals surface area (Å²) in [5, 5.41) is 6.78. The Morgan fingerprint density at radius 2 is 2.06 bits per heavy atom. The molecule has 2 heterocycles. The van der Waals surface area contributed by atoms with E-state index in [1.807, 2.05) is 26.1 Å². The average molecular weight is 426 g/mol.